The molecular weight excluding hydrogens is 453 g/mol. The Bertz CT molecular complexity index is 1150. The molecule has 0 spiro atoms. The number of carbonyl (C=O) groups excluding carboxylic acids is 3. The molecule has 3 N–H and O–H groups in total. The lowest BCUT2D eigenvalue weighted by atomic mass is 10.0. The molecule has 3 rings (SSSR count). The lowest BCUT2D eigenvalue weighted by Crippen LogP contribution is -2.56. The van der Waals surface area contributed by atoms with E-state index in [1.165, 1.54) is 6.20 Å². The summed E-state index contributed by atoms with van der Waals surface area (Å²) in [6.45, 7) is 3.40. The minimum Gasteiger partial charge on any atom is -0.349 e. The summed E-state index contributed by atoms with van der Waals surface area (Å²) in [5.41, 5.74) is 0.460. The maximum absolute atomic E-state index is 13.2. The average molecular weight is 478 g/mol. The third kappa shape index (κ3) is 6.17. The van der Waals surface area contributed by atoms with Gasteiger partial charge < -0.3 is 10.6 Å². The van der Waals surface area contributed by atoms with Crippen molar-refractivity contribution in [2.75, 3.05) is 6.54 Å². The smallest absolute Gasteiger partial charge is 0.289 e. The van der Waals surface area contributed by atoms with Crippen LogP contribution in [0.1, 0.15) is 25.4 Å². The molecule has 1 aliphatic heterocycles. The third-order valence-electron chi connectivity index (χ3n) is 5.02. The number of nitrogens with one attached hydrogen (secondary N) is 3. The Labute approximate surface area is 190 Å². The molecule has 2 heterocycles. The molecule has 176 valence electrons. The molecule has 2 atom stereocenters. The van der Waals surface area contributed by atoms with Crippen LogP contribution in [0.4, 0.5) is 4.39 Å². The van der Waals surface area contributed by atoms with Gasteiger partial charge in [0.2, 0.25) is 21.7 Å². The SMILES string of the molecule is CC(C)C(NS(=O)(=O)c1ccc(F)cc1)C(=O)NC1Cc2ccnc(n2)CCNC(=O)C1=O. The number of hydrogen-bond donors (Lipinski definition) is 3. The number of sulfonamides is 1. The lowest BCUT2D eigenvalue weighted by Gasteiger charge is -2.25. The van der Waals surface area contributed by atoms with Gasteiger partial charge in [0.15, 0.2) is 0 Å². The van der Waals surface area contributed by atoms with E-state index in [1.54, 1.807) is 19.9 Å². The number of carbonyl (C=O) groups is 3. The first kappa shape index (κ1) is 24.4. The summed E-state index contributed by atoms with van der Waals surface area (Å²) in [6, 6.07) is 3.21. The van der Waals surface area contributed by atoms with Crippen LogP contribution in [0.3, 0.4) is 0 Å². The Hall–Kier alpha value is -3.25. The second kappa shape index (κ2) is 10.1. The van der Waals surface area contributed by atoms with Gasteiger partial charge in [-0.3, -0.25) is 14.4 Å². The highest BCUT2D eigenvalue weighted by Gasteiger charge is 2.34. The lowest BCUT2D eigenvalue weighted by molar-refractivity contribution is -0.140. The van der Waals surface area contributed by atoms with Gasteiger partial charge in [-0.1, -0.05) is 13.8 Å². The van der Waals surface area contributed by atoms with Crippen LogP contribution in [0, 0.1) is 11.7 Å². The molecule has 1 aromatic carbocycles. The summed E-state index contributed by atoms with van der Waals surface area (Å²) in [5, 5.41) is 4.96. The van der Waals surface area contributed by atoms with E-state index in [1.807, 2.05) is 0 Å². The Morgan fingerprint density at radius 3 is 2.55 bits per heavy atom. The zero-order valence-corrected chi connectivity index (χ0v) is 18.9. The van der Waals surface area contributed by atoms with E-state index in [4.69, 9.17) is 0 Å². The van der Waals surface area contributed by atoms with Crippen molar-refractivity contribution in [3.05, 3.63) is 53.9 Å². The molecule has 10 nitrogen and oxygen atoms in total. The van der Waals surface area contributed by atoms with Crippen LogP contribution >= 0.6 is 0 Å². The minimum atomic E-state index is -4.16. The molecule has 0 radical (unpaired) electrons. The largest absolute Gasteiger partial charge is 0.349 e. The number of amides is 2. The molecule has 33 heavy (non-hydrogen) atoms. The quantitative estimate of drug-likeness (QED) is 0.492. The van der Waals surface area contributed by atoms with Crippen LogP contribution in [0.15, 0.2) is 41.4 Å². The van der Waals surface area contributed by atoms with Crippen molar-refractivity contribution in [1.29, 1.82) is 0 Å². The van der Waals surface area contributed by atoms with Crippen molar-refractivity contribution in [3.63, 3.8) is 0 Å². The maximum atomic E-state index is 13.2. The summed E-state index contributed by atoms with van der Waals surface area (Å²) < 4.78 is 40.9. The number of fused-ring (bicyclic) bond motifs is 2. The van der Waals surface area contributed by atoms with Gasteiger partial charge in [0.05, 0.1) is 4.90 Å². The second-order valence-corrected chi connectivity index (χ2v) is 9.61. The molecule has 2 bridgehead atoms. The summed E-state index contributed by atoms with van der Waals surface area (Å²) in [5.74, 6) is -3.14. The first-order chi connectivity index (χ1) is 15.6. The predicted molar refractivity (Wildman–Crippen MR) is 115 cm³/mol. The summed E-state index contributed by atoms with van der Waals surface area (Å²) in [4.78, 5) is 46.2. The van der Waals surface area contributed by atoms with Gasteiger partial charge in [0.25, 0.3) is 5.91 Å². The van der Waals surface area contributed by atoms with Crippen molar-refractivity contribution >= 4 is 27.6 Å². The van der Waals surface area contributed by atoms with Crippen molar-refractivity contribution in [2.45, 2.75) is 43.7 Å². The monoisotopic (exact) mass is 477 g/mol. The minimum absolute atomic E-state index is 0.0664. The molecule has 12 heteroatoms. The highest BCUT2D eigenvalue weighted by molar-refractivity contribution is 7.89. The summed E-state index contributed by atoms with van der Waals surface area (Å²) in [6.07, 6.45) is 1.81. The van der Waals surface area contributed by atoms with E-state index >= 15 is 0 Å². The topological polar surface area (TPSA) is 147 Å². The van der Waals surface area contributed by atoms with Crippen LogP contribution in [-0.2, 0) is 37.2 Å². The van der Waals surface area contributed by atoms with Gasteiger partial charge in [0.1, 0.15) is 23.7 Å². The molecule has 0 saturated heterocycles. The number of halogens is 1. The fraction of sp³-hybridized carbons (Fsp3) is 0.381. The van der Waals surface area contributed by atoms with Crippen molar-refractivity contribution in [2.24, 2.45) is 5.92 Å². The molecule has 2 unspecified atom stereocenters. The number of aromatic nitrogens is 2. The Kier molecular flexibility index (Phi) is 7.49. The van der Waals surface area contributed by atoms with Gasteiger partial charge in [-0.25, -0.2) is 22.8 Å². The fourth-order valence-corrected chi connectivity index (χ4v) is 4.57. The zero-order chi connectivity index (χ0) is 24.2. The Morgan fingerprint density at radius 1 is 1.18 bits per heavy atom. The molecular formula is C21H24FN5O5S. The van der Waals surface area contributed by atoms with Gasteiger partial charge >= 0.3 is 0 Å². The molecule has 1 aromatic heterocycles. The number of ketones is 1. The molecule has 1 aliphatic rings. The second-order valence-electron chi connectivity index (χ2n) is 7.90. The molecule has 0 fully saturated rings. The van der Waals surface area contributed by atoms with Crippen LogP contribution in [0.25, 0.3) is 0 Å². The third-order valence-corrected chi connectivity index (χ3v) is 6.48. The fourth-order valence-electron chi connectivity index (χ4n) is 3.23. The van der Waals surface area contributed by atoms with Crippen molar-refractivity contribution in [1.82, 2.24) is 25.3 Å². The number of hydrogen-bond acceptors (Lipinski definition) is 7. The molecule has 0 aliphatic carbocycles. The Balaban J connectivity index is 1.83. The van der Waals surface area contributed by atoms with Crippen LogP contribution in [-0.4, -0.2) is 54.6 Å². The Morgan fingerprint density at radius 2 is 1.88 bits per heavy atom. The maximum Gasteiger partial charge on any atom is 0.289 e. The van der Waals surface area contributed by atoms with E-state index in [0.717, 1.165) is 24.3 Å². The van der Waals surface area contributed by atoms with E-state index in [0.29, 0.717) is 17.9 Å². The van der Waals surface area contributed by atoms with Crippen LogP contribution in [0.2, 0.25) is 0 Å². The van der Waals surface area contributed by atoms with Crippen LogP contribution in [0.5, 0.6) is 0 Å². The summed E-state index contributed by atoms with van der Waals surface area (Å²) >= 11 is 0. The first-order valence-corrected chi connectivity index (χ1v) is 11.8. The zero-order valence-electron chi connectivity index (χ0n) is 18.0. The molecule has 0 saturated carbocycles. The molecule has 2 aromatic rings. The van der Waals surface area contributed by atoms with Crippen LogP contribution < -0.4 is 15.4 Å². The van der Waals surface area contributed by atoms with E-state index in [-0.39, 0.29) is 17.9 Å². The number of benzene rings is 1. The summed E-state index contributed by atoms with van der Waals surface area (Å²) in [7, 11) is -4.16. The normalized spacial score (nSPS) is 17.9. The van der Waals surface area contributed by atoms with E-state index < -0.39 is 51.4 Å². The van der Waals surface area contributed by atoms with Gasteiger partial charge in [-0.05, 0) is 36.2 Å². The van der Waals surface area contributed by atoms with Crippen molar-refractivity contribution < 1.29 is 27.2 Å². The van der Waals surface area contributed by atoms with Gasteiger partial charge in [-0.15, -0.1) is 0 Å². The highest BCUT2D eigenvalue weighted by Crippen LogP contribution is 2.14. The van der Waals surface area contributed by atoms with E-state index in [9.17, 15) is 27.2 Å². The predicted octanol–water partition coefficient (Wildman–Crippen LogP) is -0.112. The van der Waals surface area contributed by atoms with Gasteiger partial charge in [-0.2, -0.15) is 4.72 Å². The number of nitrogens with zero attached hydrogens (tertiary/aromatic N) is 2. The number of Topliss-reactive ketones (excluding diaryl/α,β-unsaturated/α-hetero) is 1. The first-order valence-electron chi connectivity index (χ1n) is 10.3. The average Bonchev–Trinajstić information content (AvgIpc) is 2.76. The van der Waals surface area contributed by atoms with Gasteiger partial charge in [0, 0.05) is 31.3 Å². The standard InChI is InChI=1S/C21H24FN5O5S/c1-12(2)18(27-33(31,32)15-5-3-13(22)4-6-15)20(29)26-16-11-14-7-9-23-17(25-14)8-10-24-21(30)19(16)28/h3-7,9,12,16,18,27H,8,10-11H2,1-2H3,(H,24,30)(H,26,29). The molecule has 2 amide bonds. The van der Waals surface area contributed by atoms with E-state index in [2.05, 4.69) is 25.3 Å². The number of rotatable bonds is 6. The van der Waals surface area contributed by atoms with Crippen molar-refractivity contribution in [3.8, 4) is 0 Å². The highest BCUT2D eigenvalue weighted by atomic mass is 32.2.